The van der Waals surface area contributed by atoms with E-state index < -0.39 is 17.7 Å². The maximum atomic E-state index is 13.7. The Kier molecular flexibility index (Phi) is 3.90. The van der Waals surface area contributed by atoms with E-state index in [1.807, 2.05) is 0 Å². The lowest BCUT2D eigenvalue weighted by molar-refractivity contribution is -0.142. The van der Waals surface area contributed by atoms with Gasteiger partial charge in [0.15, 0.2) is 0 Å². The molecule has 0 bridgehead atoms. The number of hydrogen-bond donors (Lipinski definition) is 2. The van der Waals surface area contributed by atoms with Crippen LogP contribution >= 0.6 is 0 Å². The van der Waals surface area contributed by atoms with Crippen LogP contribution in [0.4, 0.5) is 4.39 Å². The van der Waals surface area contributed by atoms with Crippen LogP contribution in [0.15, 0.2) is 24.3 Å². The summed E-state index contributed by atoms with van der Waals surface area (Å²) in [5.74, 6) is -1.85. The molecule has 5 nitrogen and oxygen atoms in total. The molecule has 130 valence electrons. The smallest absolute Gasteiger partial charge is 0.308 e. The van der Waals surface area contributed by atoms with E-state index in [0.717, 1.165) is 25.0 Å². The van der Waals surface area contributed by atoms with Gasteiger partial charge in [0.2, 0.25) is 0 Å². The molecule has 1 aromatic carbocycles. The number of carboxylic acid groups (broad SMARTS) is 1. The molecule has 2 N–H and O–H groups in total. The molecule has 0 unspecified atom stereocenters. The molecule has 0 aliphatic heterocycles. The first-order chi connectivity index (χ1) is 12.0. The number of hydrogen-bond acceptors (Lipinski definition) is 3. The number of aromatic nitrogens is 1. The summed E-state index contributed by atoms with van der Waals surface area (Å²) in [4.78, 5) is 28.7. The molecule has 1 heterocycles. The van der Waals surface area contributed by atoms with Gasteiger partial charge in [-0.3, -0.25) is 14.6 Å². The van der Waals surface area contributed by atoms with Crippen molar-refractivity contribution in [3.05, 3.63) is 41.3 Å². The molecule has 2 aliphatic carbocycles. The summed E-state index contributed by atoms with van der Waals surface area (Å²) in [6, 6.07) is 5.59. The summed E-state index contributed by atoms with van der Waals surface area (Å²) in [6.07, 6.45) is 4.09. The standard InChI is InChI=1S/C19H19FN2O3/c20-11-6-7-16-13(8-11)14(9-17(21-16)10-4-5-10)18(23)22-15-3-1-2-12(15)19(24)25/h6-10,12,15H,1-5H2,(H,22,23)(H,24,25)/t12-,15+/m1/s1. The maximum absolute atomic E-state index is 13.7. The van der Waals surface area contributed by atoms with Crippen LogP contribution in [0.5, 0.6) is 0 Å². The molecule has 0 spiro atoms. The van der Waals surface area contributed by atoms with Crippen molar-refractivity contribution in [2.24, 2.45) is 5.92 Å². The number of benzene rings is 1. The predicted molar refractivity (Wildman–Crippen MR) is 89.9 cm³/mol. The second-order valence-electron chi connectivity index (χ2n) is 6.99. The maximum Gasteiger partial charge on any atom is 0.308 e. The number of rotatable bonds is 4. The molecular weight excluding hydrogens is 323 g/mol. The third-order valence-corrected chi connectivity index (χ3v) is 5.18. The summed E-state index contributed by atoms with van der Waals surface area (Å²) in [5, 5.41) is 12.6. The summed E-state index contributed by atoms with van der Waals surface area (Å²) < 4.78 is 13.7. The fourth-order valence-electron chi connectivity index (χ4n) is 3.67. The van der Waals surface area contributed by atoms with Gasteiger partial charge in [-0.2, -0.15) is 0 Å². The minimum Gasteiger partial charge on any atom is -0.481 e. The molecule has 2 saturated carbocycles. The van der Waals surface area contributed by atoms with Crippen molar-refractivity contribution in [2.45, 2.75) is 44.1 Å². The molecule has 0 radical (unpaired) electrons. The van der Waals surface area contributed by atoms with Crippen molar-refractivity contribution < 1.29 is 19.1 Å². The molecule has 2 fully saturated rings. The Hall–Kier alpha value is -2.50. The molecular formula is C19H19FN2O3. The number of aliphatic carboxylic acids is 1. The van der Waals surface area contributed by atoms with E-state index in [4.69, 9.17) is 0 Å². The van der Waals surface area contributed by atoms with E-state index in [2.05, 4.69) is 10.3 Å². The van der Waals surface area contributed by atoms with E-state index in [1.165, 1.54) is 12.1 Å². The van der Waals surface area contributed by atoms with Gasteiger partial charge < -0.3 is 10.4 Å². The number of amides is 1. The topological polar surface area (TPSA) is 79.3 Å². The largest absolute Gasteiger partial charge is 0.481 e. The molecule has 4 rings (SSSR count). The van der Waals surface area contributed by atoms with Crippen LogP contribution in [-0.2, 0) is 4.79 Å². The van der Waals surface area contributed by atoms with Crippen molar-refractivity contribution >= 4 is 22.8 Å². The van der Waals surface area contributed by atoms with Crippen LogP contribution in [0, 0.1) is 11.7 Å². The van der Waals surface area contributed by atoms with Gasteiger partial charge in [-0.1, -0.05) is 6.42 Å². The second kappa shape index (κ2) is 6.10. The van der Waals surface area contributed by atoms with E-state index in [1.54, 1.807) is 12.1 Å². The van der Waals surface area contributed by atoms with E-state index in [-0.39, 0.29) is 11.9 Å². The SMILES string of the molecule is O=C(N[C@H]1CCC[C@H]1C(=O)O)c1cc(C2CC2)nc2ccc(F)cc12. The highest BCUT2D eigenvalue weighted by molar-refractivity contribution is 6.06. The van der Waals surface area contributed by atoms with Gasteiger partial charge in [-0.25, -0.2) is 4.39 Å². The Balaban J connectivity index is 1.70. The average Bonchev–Trinajstić information content (AvgIpc) is 3.33. The van der Waals surface area contributed by atoms with E-state index in [0.29, 0.717) is 35.2 Å². The van der Waals surface area contributed by atoms with Gasteiger partial charge in [0.25, 0.3) is 5.91 Å². The van der Waals surface area contributed by atoms with Crippen molar-refractivity contribution in [1.29, 1.82) is 0 Å². The Bertz CT molecular complexity index is 863. The molecule has 1 amide bonds. The highest BCUT2D eigenvalue weighted by Crippen LogP contribution is 2.40. The quantitative estimate of drug-likeness (QED) is 0.894. The average molecular weight is 342 g/mol. The highest BCUT2D eigenvalue weighted by Gasteiger charge is 2.34. The van der Waals surface area contributed by atoms with Gasteiger partial charge in [0, 0.05) is 23.0 Å². The third kappa shape index (κ3) is 3.08. The zero-order chi connectivity index (χ0) is 17.6. The van der Waals surface area contributed by atoms with Crippen molar-refractivity contribution in [3.8, 4) is 0 Å². The number of pyridine rings is 1. The van der Waals surface area contributed by atoms with Gasteiger partial charge in [-0.15, -0.1) is 0 Å². The van der Waals surface area contributed by atoms with Crippen LogP contribution in [0.3, 0.4) is 0 Å². The fraction of sp³-hybridized carbons (Fsp3) is 0.421. The summed E-state index contributed by atoms with van der Waals surface area (Å²) in [6.45, 7) is 0. The van der Waals surface area contributed by atoms with Crippen LogP contribution in [0.1, 0.15) is 54.1 Å². The van der Waals surface area contributed by atoms with Crippen molar-refractivity contribution in [3.63, 3.8) is 0 Å². The van der Waals surface area contributed by atoms with Crippen LogP contribution < -0.4 is 5.32 Å². The number of nitrogens with zero attached hydrogens (tertiary/aromatic N) is 1. The van der Waals surface area contributed by atoms with E-state index in [9.17, 15) is 19.1 Å². The lowest BCUT2D eigenvalue weighted by Gasteiger charge is -2.18. The predicted octanol–water partition coefficient (Wildman–Crippen LogP) is 3.23. The lowest BCUT2D eigenvalue weighted by Crippen LogP contribution is -2.40. The molecule has 2 atom stereocenters. The molecule has 2 aromatic rings. The summed E-state index contributed by atoms with van der Waals surface area (Å²) >= 11 is 0. The van der Waals surface area contributed by atoms with Gasteiger partial charge in [0.1, 0.15) is 5.82 Å². The van der Waals surface area contributed by atoms with Gasteiger partial charge >= 0.3 is 5.97 Å². The lowest BCUT2D eigenvalue weighted by atomic mass is 10.0. The molecule has 1 aromatic heterocycles. The van der Waals surface area contributed by atoms with E-state index >= 15 is 0 Å². The number of fused-ring (bicyclic) bond motifs is 1. The number of nitrogens with one attached hydrogen (secondary N) is 1. The Morgan fingerprint density at radius 1 is 1.16 bits per heavy atom. The number of halogens is 1. The van der Waals surface area contributed by atoms with Crippen LogP contribution in [-0.4, -0.2) is 28.0 Å². The minimum atomic E-state index is -0.882. The first kappa shape index (κ1) is 16.0. The fourth-order valence-corrected chi connectivity index (χ4v) is 3.67. The van der Waals surface area contributed by atoms with Gasteiger partial charge in [-0.05, 0) is 49.9 Å². The van der Waals surface area contributed by atoms with Crippen molar-refractivity contribution in [2.75, 3.05) is 0 Å². The first-order valence-corrected chi connectivity index (χ1v) is 8.67. The highest BCUT2D eigenvalue weighted by atomic mass is 19.1. The Labute approximate surface area is 144 Å². The normalized spacial score (nSPS) is 22.9. The monoisotopic (exact) mass is 342 g/mol. The van der Waals surface area contributed by atoms with Gasteiger partial charge in [0.05, 0.1) is 17.0 Å². The summed E-state index contributed by atoms with van der Waals surface area (Å²) in [7, 11) is 0. The zero-order valence-corrected chi connectivity index (χ0v) is 13.7. The minimum absolute atomic E-state index is 0.349. The van der Waals surface area contributed by atoms with Crippen molar-refractivity contribution in [1.82, 2.24) is 10.3 Å². The van der Waals surface area contributed by atoms with Crippen LogP contribution in [0.25, 0.3) is 10.9 Å². The summed E-state index contributed by atoms with van der Waals surface area (Å²) in [5.41, 5.74) is 1.82. The third-order valence-electron chi connectivity index (χ3n) is 5.18. The number of carboxylic acids is 1. The van der Waals surface area contributed by atoms with Crippen LogP contribution in [0.2, 0.25) is 0 Å². The molecule has 0 saturated heterocycles. The molecule has 25 heavy (non-hydrogen) atoms. The number of carbonyl (C=O) groups excluding carboxylic acids is 1. The first-order valence-electron chi connectivity index (χ1n) is 8.67. The molecule has 6 heteroatoms. The zero-order valence-electron chi connectivity index (χ0n) is 13.7. The second-order valence-corrected chi connectivity index (χ2v) is 6.99. The Morgan fingerprint density at radius 2 is 1.96 bits per heavy atom. The molecule has 2 aliphatic rings. The Morgan fingerprint density at radius 3 is 2.68 bits per heavy atom. The number of carbonyl (C=O) groups is 2.